The van der Waals surface area contributed by atoms with Gasteiger partial charge < -0.3 is 39.3 Å². The van der Waals surface area contributed by atoms with Crippen LogP contribution in [0.5, 0.6) is 34.6 Å². The van der Waals surface area contributed by atoms with Gasteiger partial charge in [0.25, 0.3) is 0 Å². The van der Waals surface area contributed by atoms with Gasteiger partial charge in [-0.1, -0.05) is 35.9 Å². The smallest absolute Gasteiger partial charge is 0.345 e. The first-order valence-electron chi connectivity index (χ1n) is 19.0. The van der Waals surface area contributed by atoms with E-state index in [1.54, 1.807) is 60.7 Å². The molecule has 5 N–H and O–H groups in total. The Kier molecular flexibility index (Phi) is 13.0. The van der Waals surface area contributed by atoms with Crippen LogP contribution in [0.1, 0.15) is 11.3 Å². The average Bonchev–Trinajstić information content (AvgIpc) is 3.68. The van der Waals surface area contributed by atoms with Crippen molar-refractivity contribution in [2.75, 3.05) is 26.3 Å². The van der Waals surface area contributed by atoms with Gasteiger partial charge in [-0.3, -0.25) is 5.26 Å². The Hall–Kier alpha value is -6.71. The van der Waals surface area contributed by atoms with Gasteiger partial charge in [-0.05, 0) is 66.2 Å². The molecule has 0 radical (unpaired) electrons. The van der Waals surface area contributed by atoms with E-state index in [1.165, 1.54) is 48.1 Å². The fourth-order valence-electron chi connectivity index (χ4n) is 6.81. The summed E-state index contributed by atoms with van der Waals surface area (Å²) in [5.41, 5.74) is 2.26. The first kappa shape index (κ1) is 43.0. The Morgan fingerprint density at radius 3 is 2.59 bits per heavy atom. The average molecular weight is 900 g/mol. The monoisotopic (exact) mass is 899 g/mol. The lowest BCUT2D eigenvalue weighted by molar-refractivity contribution is -0.255. The van der Waals surface area contributed by atoms with Crippen molar-refractivity contribution in [1.82, 2.24) is 25.0 Å². The number of phenols is 1. The highest BCUT2D eigenvalue weighted by atomic mass is 35.5. The normalized spacial score (nSPS) is 15.0. The Balaban J connectivity index is 1.23. The van der Waals surface area contributed by atoms with E-state index in [1.807, 2.05) is 0 Å². The third-order valence-corrected chi connectivity index (χ3v) is 11.3. The van der Waals surface area contributed by atoms with Crippen molar-refractivity contribution in [3.05, 3.63) is 120 Å². The number of aromatic hydroxyl groups is 1. The topological polar surface area (TPSA) is 228 Å². The van der Waals surface area contributed by atoms with Gasteiger partial charge in [-0.2, -0.15) is 5.06 Å². The number of carbonyl (C=O) groups is 1. The van der Waals surface area contributed by atoms with E-state index in [2.05, 4.69) is 29.7 Å². The van der Waals surface area contributed by atoms with Crippen molar-refractivity contribution in [2.45, 2.75) is 25.2 Å². The molecule has 2 atom stereocenters. The molecular weight excluding hydrogens is 865 g/mol. The molecule has 2 aliphatic rings. The molecule has 4 bridgehead atoms. The van der Waals surface area contributed by atoms with Crippen LogP contribution in [0.15, 0.2) is 97.5 Å². The standard InChI is InChI=1S/C43H35ClFN5O12S/c44-37-33-12-10-30(38(37)51)35-36-41(47-22-48-42(36)63-39(35)23-5-7-25(45)8-6-23)61-34(43(52)53)18-24-17-27(57-21-28(60-33)19-50(54)15-16-59-55)9-11-31(24)58-20-26-13-14-46-40(49-26)29-3-1-2-4-32(29)62-56/h1-14,17,22,28,34,51,54-56H,15-16,18-21H2,(H,52,53)/t28-,34-/m1/s1. The number of thiophene rings is 1. The predicted molar refractivity (Wildman–Crippen MR) is 224 cm³/mol. The molecule has 4 aromatic carbocycles. The molecular formula is C43H35ClFN5O12S. The maximum absolute atomic E-state index is 14.2. The number of phenolic OH excluding ortho intramolecular Hbond substituents is 1. The van der Waals surface area contributed by atoms with Gasteiger partial charge in [0.2, 0.25) is 12.0 Å². The van der Waals surface area contributed by atoms with Crippen LogP contribution in [0.3, 0.4) is 0 Å². The maximum Gasteiger partial charge on any atom is 0.345 e. The minimum Gasteiger partial charge on any atom is -0.506 e. The molecule has 0 fully saturated rings. The number of rotatable bonds is 12. The summed E-state index contributed by atoms with van der Waals surface area (Å²) >= 11 is 8.00. The number of hydroxylamine groups is 2. The number of aromatic nitrogens is 4. The number of fused-ring (bicyclic) bond motifs is 7. The van der Waals surface area contributed by atoms with Gasteiger partial charge in [-0.25, -0.2) is 39.3 Å². The van der Waals surface area contributed by atoms with Crippen molar-refractivity contribution in [1.29, 1.82) is 0 Å². The molecule has 0 saturated carbocycles. The molecule has 20 heteroatoms. The summed E-state index contributed by atoms with van der Waals surface area (Å²) in [5.74, 6) is -1.44. The summed E-state index contributed by atoms with van der Waals surface area (Å²) in [6.07, 6.45) is -0.105. The van der Waals surface area contributed by atoms with Gasteiger partial charge in [0, 0.05) is 34.2 Å². The summed E-state index contributed by atoms with van der Waals surface area (Å²) in [6.45, 7) is -0.834. The Bertz CT molecular complexity index is 2770. The summed E-state index contributed by atoms with van der Waals surface area (Å²) in [5, 5.41) is 52.2. The highest BCUT2D eigenvalue weighted by Crippen LogP contribution is 2.52. The van der Waals surface area contributed by atoms with E-state index in [0.29, 0.717) is 37.7 Å². The Morgan fingerprint density at radius 1 is 0.968 bits per heavy atom. The van der Waals surface area contributed by atoms with Crippen LogP contribution in [0.2, 0.25) is 5.02 Å². The number of carboxylic acids is 1. The SMILES string of the molecule is O=C(O)[C@H]1Cc2cc(ccc2OCc2ccnc(-c3ccccc3OO)n2)OC[C@@H](CN(O)CCOO)Oc2ccc(c(O)c2Cl)-c2c(-c3ccc(F)cc3)sc3ncnc(c23)O1. The minimum absolute atomic E-state index is 0.0221. The molecule has 0 spiro atoms. The van der Waals surface area contributed by atoms with Crippen molar-refractivity contribution in [3.8, 4) is 67.6 Å². The fraction of sp³-hybridized carbons (Fsp3) is 0.186. The van der Waals surface area contributed by atoms with Crippen molar-refractivity contribution < 1.29 is 63.8 Å². The summed E-state index contributed by atoms with van der Waals surface area (Å²) < 4.78 is 39.1. The van der Waals surface area contributed by atoms with Crippen molar-refractivity contribution in [3.63, 3.8) is 0 Å². The molecule has 0 unspecified atom stereocenters. The third kappa shape index (κ3) is 9.54. The molecule has 0 aliphatic carbocycles. The number of carboxylic acid groups (broad SMARTS) is 1. The minimum atomic E-state index is -1.59. The Morgan fingerprint density at radius 2 is 1.79 bits per heavy atom. The number of nitrogens with zero attached hydrogens (tertiary/aromatic N) is 5. The first-order valence-corrected chi connectivity index (χ1v) is 20.2. The van der Waals surface area contributed by atoms with Crippen molar-refractivity contribution in [2.24, 2.45) is 0 Å². The van der Waals surface area contributed by atoms with Crippen LogP contribution in [-0.2, 0) is 22.7 Å². The van der Waals surface area contributed by atoms with E-state index in [-0.39, 0.29) is 90.0 Å². The van der Waals surface area contributed by atoms with Crippen LogP contribution in [-0.4, -0.2) is 95.4 Å². The zero-order valence-corrected chi connectivity index (χ0v) is 34.2. The summed E-state index contributed by atoms with van der Waals surface area (Å²) in [4.78, 5) is 40.3. The van der Waals surface area contributed by atoms with E-state index >= 15 is 0 Å². The molecule has 7 aromatic rings. The fourth-order valence-corrected chi connectivity index (χ4v) is 8.17. The molecule has 324 valence electrons. The van der Waals surface area contributed by atoms with E-state index < -0.39 is 29.7 Å². The largest absolute Gasteiger partial charge is 0.506 e. The van der Waals surface area contributed by atoms with Gasteiger partial charge in [-0.15, -0.1) is 11.3 Å². The number of ether oxygens (including phenoxy) is 4. The molecule has 9 rings (SSSR count). The van der Waals surface area contributed by atoms with Gasteiger partial charge in [0.05, 0.1) is 36.3 Å². The summed E-state index contributed by atoms with van der Waals surface area (Å²) in [6, 6.07) is 21.7. The molecule has 0 amide bonds. The highest BCUT2D eigenvalue weighted by molar-refractivity contribution is 7.22. The van der Waals surface area contributed by atoms with Gasteiger partial charge >= 0.3 is 5.97 Å². The second-order valence-corrected chi connectivity index (χ2v) is 15.3. The molecule has 0 saturated heterocycles. The first-order chi connectivity index (χ1) is 30.6. The molecule has 2 aliphatic heterocycles. The summed E-state index contributed by atoms with van der Waals surface area (Å²) in [7, 11) is 0. The lowest BCUT2D eigenvalue weighted by Crippen LogP contribution is -2.39. The number of hydrogen-bond acceptors (Lipinski definition) is 17. The van der Waals surface area contributed by atoms with Crippen LogP contribution in [0.25, 0.3) is 43.2 Å². The maximum atomic E-state index is 14.2. The van der Waals surface area contributed by atoms with Gasteiger partial charge in [0.15, 0.2) is 11.6 Å². The van der Waals surface area contributed by atoms with E-state index in [4.69, 9.17) is 35.8 Å². The molecule has 3 aromatic heterocycles. The lowest BCUT2D eigenvalue weighted by Gasteiger charge is -2.25. The van der Waals surface area contributed by atoms with Crippen molar-refractivity contribution >= 4 is 39.1 Å². The molecule has 5 heterocycles. The van der Waals surface area contributed by atoms with Crippen LogP contribution in [0.4, 0.5) is 4.39 Å². The van der Waals surface area contributed by atoms with Gasteiger partial charge in [0.1, 0.15) is 64.3 Å². The number of halogens is 2. The number of para-hydroxylation sites is 1. The second-order valence-electron chi connectivity index (χ2n) is 13.9. The Labute approximate surface area is 365 Å². The third-order valence-electron chi connectivity index (χ3n) is 9.78. The quantitative estimate of drug-likeness (QED) is 0.0582. The zero-order valence-electron chi connectivity index (χ0n) is 32.6. The zero-order chi connectivity index (χ0) is 44.0. The highest BCUT2D eigenvalue weighted by Gasteiger charge is 2.30. The molecule has 17 nitrogen and oxygen atoms in total. The van der Waals surface area contributed by atoms with Crippen LogP contribution in [0, 0.1) is 5.82 Å². The second kappa shape index (κ2) is 19.1. The number of benzene rings is 4. The van der Waals surface area contributed by atoms with E-state index in [0.717, 1.165) is 5.06 Å². The van der Waals surface area contributed by atoms with Crippen LogP contribution >= 0.6 is 22.9 Å². The lowest BCUT2D eigenvalue weighted by atomic mass is 9.98. The number of hydrogen-bond donors (Lipinski definition) is 5. The van der Waals surface area contributed by atoms with E-state index in [9.17, 15) is 29.9 Å². The molecule has 63 heavy (non-hydrogen) atoms. The predicted octanol–water partition coefficient (Wildman–Crippen LogP) is 7.81. The van der Waals surface area contributed by atoms with Crippen LogP contribution < -0.4 is 23.8 Å². The number of aliphatic carboxylic acids is 1.